The van der Waals surface area contributed by atoms with E-state index in [0.717, 1.165) is 5.69 Å². The maximum atomic E-state index is 12.6. The molecule has 0 aliphatic heterocycles. The van der Waals surface area contributed by atoms with Gasteiger partial charge < -0.3 is 26.8 Å². The number of aromatic nitrogens is 8. The van der Waals surface area contributed by atoms with Crippen molar-refractivity contribution in [3.63, 3.8) is 0 Å². The Bertz CT molecular complexity index is 1340. The Morgan fingerprint density at radius 2 is 1.94 bits per heavy atom. The van der Waals surface area contributed by atoms with Crippen LogP contribution >= 0.6 is 0 Å². The number of aryl methyl sites for hydroxylation is 1. The molecule has 15 heteroatoms. The van der Waals surface area contributed by atoms with Crippen LogP contribution in [0.3, 0.4) is 0 Å². The van der Waals surface area contributed by atoms with Crippen LogP contribution in [0.25, 0.3) is 11.2 Å². The highest BCUT2D eigenvalue weighted by Gasteiger charge is 2.21. The van der Waals surface area contributed by atoms with E-state index < -0.39 is 17.9 Å². The fraction of sp³-hybridized carbons (Fsp3) is 0.250. The van der Waals surface area contributed by atoms with Gasteiger partial charge in [0, 0.05) is 24.7 Å². The molecule has 0 aliphatic carbocycles. The summed E-state index contributed by atoms with van der Waals surface area (Å²) in [4.78, 5) is 42.7. The van der Waals surface area contributed by atoms with Crippen molar-refractivity contribution in [2.45, 2.75) is 25.4 Å². The highest BCUT2D eigenvalue weighted by atomic mass is 16.4. The Kier molecular flexibility index (Phi) is 6.57. The Balaban J connectivity index is 1.39. The van der Waals surface area contributed by atoms with E-state index in [9.17, 15) is 14.7 Å². The lowest BCUT2D eigenvalue weighted by atomic mass is 10.1. The number of hydrogen-bond donors (Lipinski definition) is 5. The molecule has 3 aromatic heterocycles. The van der Waals surface area contributed by atoms with Crippen molar-refractivity contribution in [2.75, 3.05) is 23.4 Å². The Hall–Kier alpha value is -4.95. The predicted octanol–water partition coefficient (Wildman–Crippen LogP) is -0.450. The zero-order chi connectivity index (χ0) is 24.9. The number of carboxylic acids is 1. The van der Waals surface area contributed by atoms with E-state index >= 15 is 0 Å². The fourth-order valence-electron chi connectivity index (χ4n) is 3.32. The van der Waals surface area contributed by atoms with Crippen molar-refractivity contribution in [3.05, 3.63) is 47.5 Å². The number of carboxylic acid groups (broad SMARTS) is 1. The summed E-state index contributed by atoms with van der Waals surface area (Å²) in [6.45, 7) is 0.398. The normalized spacial score (nSPS) is 11.8. The van der Waals surface area contributed by atoms with Gasteiger partial charge in [-0.15, -0.1) is 10.2 Å². The Labute approximate surface area is 198 Å². The molecule has 0 unspecified atom stereocenters. The second kappa shape index (κ2) is 9.90. The number of hydrogen-bond acceptors (Lipinski definition) is 12. The summed E-state index contributed by atoms with van der Waals surface area (Å²) in [6.07, 6.45) is 1.95. The number of fused-ring (bicyclic) bond motifs is 1. The van der Waals surface area contributed by atoms with E-state index in [-0.39, 0.29) is 24.6 Å². The third-order valence-corrected chi connectivity index (χ3v) is 5.12. The van der Waals surface area contributed by atoms with Crippen molar-refractivity contribution in [3.8, 4) is 0 Å². The van der Waals surface area contributed by atoms with Gasteiger partial charge in [0.25, 0.3) is 5.91 Å². The number of benzene rings is 1. The van der Waals surface area contributed by atoms with Crippen LogP contribution < -0.4 is 21.7 Å². The summed E-state index contributed by atoms with van der Waals surface area (Å²) >= 11 is 0. The van der Waals surface area contributed by atoms with Crippen LogP contribution in [-0.2, 0) is 17.8 Å². The summed E-state index contributed by atoms with van der Waals surface area (Å²) in [5, 5.41) is 25.2. The first-order valence-corrected chi connectivity index (χ1v) is 10.4. The molecular weight excluding hydrogens is 456 g/mol. The fourth-order valence-corrected chi connectivity index (χ4v) is 3.32. The highest BCUT2D eigenvalue weighted by Crippen LogP contribution is 2.19. The molecule has 0 aliphatic rings. The Morgan fingerprint density at radius 3 is 2.63 bits per heavy atom. The van der Waals surface area contributed by atoms with Gasteiger partial charge in [0.15, 0.2) is 22.8 Å². The van der Waals surface area contributed by atoms with E-state index in [2.05, 4.69) is 45.9 Å². The number of nitrogen functional groups attached to an aromatic ring is 2. The van der Waals surface area contributed by atoms with Gasteiger partial charge >= 0.3 is 5.97 Å². The molecule has 4 aromatic rings. The second-order valence-electron chi connectivity index (χ2n) is 7.63. The van der Waals surface area contributed by atoms with Gasteiger partial charge in [-0.25, -0.2) is 14.8 Å². The van der Waals surface area contributed by atoms with Crippen LogP contribution in [0.15, 0.2) is 30.5 Å². The summed E-state index contributed by atoms with van der Waals surface area (Å²) in [7, 11) is 1.85. The molecule has 0 spiro atoms. The summed E-state index contributed by atoms with van der Waals surface area (Å²) < 4.78 is 0. The summed E-state index contributed by atoms with van der Waals surface area (Å²) in [6, 6.07) is 5.62. The number of amides is 1. The zero-order valence-electron chi connectivity index (χ0n) is 18.6. The molecule has 15 nitrogen and oxygen atoms in total. The van der Waals surface area contributed by atoms with Crippen LogP contribution in [-0.4, -0.2) is 70.6 Å². The maximum Gasteiger partial charge on any atom is 0.326 e. The molecule has 1 amide bonds. The molecule has 1 aromatic carbocycles. The van der Waals surface area contributed by atoms with Crippen molar-refractivity contribution < 1.29 is 14.7 Å². The number of nitrogens with one attached hydrogen (secondary N) is 2. The molecular formula is C20H22N12O3. The first kappa shape index (κ1) is 23.2. The minimum atomic E-state index is -1.15. The van der Waals surface area contributed by atoms with Gasteiger partial charge in [0.1, 0.15) is 6.04 Å². The third kappa shape index (κ3) is 5.52. The van der Waals surface area contributed by atoms with Gasteiger partial charge in [-0.05, 0) is 30.7 Å². The van der Waals surface area contributed by atoms with Gasteiger partial charge in [-0.3, -0.25) is 4.79 Å². The molecule has 0 radical (unpaired) electrons. The lowest BCUT2D eigenvalue weighted by Gasteiger charge is -2.19. The lowest BCUT2D eigenvalue weighted by Crippen LogP contribution is -2.41. The van der Waals surface area contributed by atoms with Gasteiger partial charge in [-0.2, -0.15) is 15.2 Å². The van der Waals surface area contributed by atoms with Crippen molar-refractivity contribution in [1.29, 1.82) is 0 Å². The van der Waals surface area contributed by atoms with Gasteiger partial charge in [0.2, 0.25) is 5.95 Å². The molecule has 3 heterocycles. The SMILES string of the molecule is CN(Cc1cnc2nc(N)nc(N)c2n1)c1ccc(C(=O)N[C@@H](CCc2nn[nH]n2)C(=O)O)cc1. The molecule has 0 saturated heterocycles. The number of rotatable bonds is 9. The molecule has 35 heavy (non-hydrogen) atoms. The van der Waals surface area contributed by atoms with Gasteiger partial charge in [0.05, 0.1) is 18.4 Å². The number of nitrogens with two attached hydrogens (primary N) is 2. The number of nitrogens with zero attached hydrogens (tertiary/aromatic N) is 8. The summed E-state index contributed by atoms with van der Waals surface area (Å²) in [5.41, 5.74) is 13.9. The first-order valence-electron chi connectivity index (χ1n) is 10.4. The molecule has 7 N–H and O–H groups in total. The molecule has 0 fully saturated rings. The number of aliphatic carboxylic acids is 1. The number of anilines is 3. The maximum absolute atomic E-state index is 12.6. The van der Waals surface area contributed by atoms with E-state index in [1.54, 1.807) is 30.5 Å². The topological polar surface area (TPSA) is 228 Å². The smallest absolute Gasteiger partial charge is 0.326 e. The highest BCUT2D eigenvalue weighted by molar-refractivity contribution is 5.96. The molecule has 0 saturated carbocycles. The number of tetrazole rings is 1. The monoisotopic (exact) mass is 478 g/mol. The van der Waals surface area contributed by atoms with Crippen LogP contribution in [0.5, 0.6) is 0 Å². The molecule has 0 bridgehead atoms. The van der Waals surface area contributed by atoms with E-state index in [4.69, 9.17) is 11.5 Å². The van der Waals surface area contributed by atoms with Crippen LogP contribution in [0.1, 0.15) is 28.3 Å². The number of carbonyl (C=O) groups is 2. The van der Waals surface area contributed by atoms with E-state index in [1.807, 2.05) is 11.9 Å². The van der Waals surface area contributed by atoms with Crippen molar-refractivity contribution in [2.24, 2.45) is 0 Å². The Morgan fingerprint density at radius 1 is 1.17 bits per heavy atom. The average molecular weight is 478 g/mol. The molecule has 4 rings (SSSR count). The van der Waals surface area contributed by atoms with Crippen molar-refractivity contribution >= 4 is 40.5 Å². The predicted molar refractivity (Wildman–Crippen MR) is 124 cm³/mol. The minimum Gasteiger partial charge on any atom is -0.480 e. The van der Waals surface area contributed by atoms with E-state index in [0.29, 0.717) is 34.8 Å². The van der Waals surface area contributed by atoms with Crippen LogP contribution in [0.2, 0.25) is 0 Å². The minimum absolute atomic E-state index is 0.0277. The van der Waals surface area contributed by atoms with E-state index in [1.165, 1.54) is 0 Å². The zero-order valence-corrected chi connectivity index (χ0v) is 18.6. The van der Waals surface area contributed by atoms with Gasteiger partial charge in [-0.1, -0.05) is 5.21 Å². The summed E-state index contributed by atoms with van der Waals surface area (Å²) in [5.74, 6) is -1.11. The lowest BCUT2D eigenvalue weighted by molar-refractivity contribution is -0.139. The largest absolute Gasteiger partial charge is 0.480 e. The van der Waals surface area contributed by atoms with Crippen LogP contribution in [0.4, 0.5) is 17.5 Å². The third-order valence-electron chi connectivity index (χ3n) is 5.12. The average Bonchev–Trinajstić information content (AvgIpc) is 3.35. The van der Waals surface area contributed by atoms with Crippen molar-refractivity contribution in [1.82, 2.24) is 45.9 Å². The molecule has 180 valence electrons. The van der Waals surface area contributed by atoms with Crippen LogP contribution in [0, 0.1) is 0 Å². The first-order chi connectivity index (χ1) is 16.8. The number of carbonyl (C=O) groups excluding carboxylic acids is 1. The second-order valence-corrected chi connectivity index (χ2v) is 7.63. The number of H-pyrrole nitrogens is 1. The number of aromatic amines is 1. The molecule has 1 atom stereocenters. The standard InChI is InChI=1S/C20H22N12O3/c1-32(9-11-8-23-17-15(24-11)16(21)26-20(22)27-17)12-4-2-10(3-5-12)18(33)25-13(19(34)35)6-7-14-28-30-31-29-14/h2-5,8,13H,6-7,9H2,1H3,(H,25,33)(H,34,35)(H,28,29,30,31)(H4,21,22,23,26,27)/t13-/m0/s1. The quantitative estimate of drug-likeness (QED) is 0.205.